The summed E-state index contributed by atoms with van der Waals surface area (Å²) in [5.41, 5.74) is 0.453. The summed E-state index contributed by atoms with van der Waals surface area (Å²) in [5.74, 6) is 0.108. The van der Waals surface area contributed by atoms with Crippen LogP contribution in [0.15, 0.2) is 16.9 Å². The lowest BCUT2D eigenvalue weighted by atomic mass is 10.2. The number of hydrogen-bond acceptors (Lipinski definition) is 6. The maximum absolute atomic E-state index is 12.5. The van der Waals surface area contributed by atoms with Crippen LogP contribution in [-0.2, 0) is 11.8 Å². The van der Waals surface area contributed by atoms with Gasteiger partial charge in [0.15, 0.2) is 0 Å². The molecule has 1 saturated heterocycles. The number of carbonyl (C=O) groups is 1. The van der Waals surface area contributed by atoms with Gasteiger partial charge in [0.1, 0.15) is 11.7 Å². The Bertz CT molecular complexity index is 752. The maximum Gasteiger partial charge on any atom is 0.260 e. The van der Waals surface area contributed by atoms with Gasteiger partial charge in [0.05, 0.1) is 20.2 Å². The van der Waals surface area contributed by atoms with Crippen LogP contribution in [0.1, 0.15) is 28.0 Å². The molecule has 1 aliphatic heterocycles. The summed E-state index contributed by atoms with van der Waals surface area (Å²) in [7, 11) is 1.66. The van der Waals surface area contributed by atoms with E-state index in [1.807, 2.05) is 0 Å². The smallest absolute Gasteiger partial charge is 0.260 e. The summed E-state index contributed by atoms with van der Waals surface area (Å²) >= 11 is 0. The number of amides is 1. The molecule has 1 N–H and O–H groups in total. The highest BCUT2D eigenvalue weighted by atomic mass is 16.5. The molecule has 3 heterocycles. The number of aromatic amines is 1. The number of morpholine rings is 1. The first-order valence-electron chi connectivity index (χ1n) is 6.89. The van der Waals surface area contributed by atoms with Crippen LogP contribution in [0.5, 0.6) is 0 Å². The predicted octanol–water partition coefficient (Wildman–Crippen LogP) is -0.579. The number of rotatable bonds is 2. The molecule has 0 aliphatic carbocycles. The highest BCUT2D eigenvalue weighted by Gasteiger charge is 2.29. The van der Waals surface area contributed by atoms with E-state index in [1.54, 1.807) is 31.0 Å². The molecule has 0 radical (unpaired) electrons. The van der Waals surface area contributed by atoms with Gasteiger partial charge in [-0.1, -0.05) is 0 Å². The van der Waals surface area contributed by atoms with Gasteiger partial charge in [-0.3, -0.25) is 9.59 Å². The Hall–Kier alpha value is -2.55. The minimum Gasteiger partial charge on any atom is -0.366 e. The molecule has 9 nitrogen and oxygen atoms in total. The Labute approximate surface area is 125 Å². The minimum atomic E-state index is -0.434. The largest absolute Gasteiger partial charge is 0.366 e. The van der Waals surface area contributed by atoms with E-state index in [2.05, 4.69) is 20.4 Å². The van der Waals surface area contributed by atoms with Crippen molar-refractivity contribution >= 4 is 5.91 Å². The summed E-state index contributed by atoms with van der Waals surface area (Å²) in [6.07, 6.45) is -0.434. The van der Waals surface area contributed by atoms with Gasteiger partial charge < -0.3 is 14.6 Å². The fraction of sp³-hybridized carbons (Fsp3) is 0.462. The van der Waals surface area contributed by atoms with Crippen LogP contribution < -0.4 is 5.56 Å². The molecule has 9 heteroatoms. The average molecular weight is 304 g/mol. The predicted molar refractivity (Wildman–Crippen MR) is 75.2 cm³/mol. The molecule has 0 bridgehead atoms. The monoisotopic (exact) mass is 304 g/mol. The van der Waals surface area contributed by atoms with Crippen LogP contribution in [0.4, 0.5) is 0 Å². The van der Waals surface area contributed by atoms with Crippen LogP contribution in [0.2, 0.25) is 0 Å². The molecule has 1 amide bonds. The first-order valence-corrected chi connectivity index (χ1v) is 6.89. The highest BCUT2D eigenvalue weighted by molar-refractivity contribution is 5.93. The zero-order valence-electron chi connectivity index (χ0n) is 12.3. The van der Waals surface area contributed by atoms with E-state index in [-0.39, 0.29) is 23.6 Å². The topological polar surface area (TPSA) is 106 Å². The number of carbonyl (C=O) groups excluding carboxylic acids is 1. The fourth-order valence-corrected chi connectivity index (χ4v) is 2.33. The number of aromatic nitrogens is 5. The molecule has 116 valence electrons. The Morgan fingerprint density at radius 2 is 2.27 bits per heavy atom. The lowest BCUT2D eigenvalue weighted by Crippen LogP contribution is -2.44. The summed E-state index contributed by atoms with van der Waals surface area (Å²) < 4.78 is 5.58. The van der Waals surface area contributed by atoms with Gasteiger partial charge in [-0.25, -0.2) is 0 Å². The second-order valence-corrected chi connectivity index (χ2v) is 5.13. The van der Waals surface area contributed by atoms with Gasteiger partial charge in [0.25, 0.3) is 11.5 Å². The number of hydrogen-bond donors (Lipinski definition) is 1. The Morgan fingerprint density at radius 1 is 1.45 bits per heavy atom. The van der Waals surface area contributed by atoms with Crippen molar-refractivity contribution in [2.45, 2.75) is 13.0 Å². The number of H-pyrrole nitrogens is 1. The van der Waals surface area contributed by atoms with E-state index in [9.17, 15) is 9.59 Å². The summed E-state index contributed by atoms with van der Waals surface area (Å²) in [6, 6.07) is 3.25. The Morgan fingerprint density at radius 3 is 2.95 bits per heavy atom. The third-order valence-corrected chi connectivity index (χ3v) is 3.45. The van der Waals surface area contributed by atoms with Crippen LogP contribution in [-0.4, -0.2) is 55.7 Å². The van der Waals surface area contributed by atoms with Crippen LogP contribution >= 0.6 is 0 Å². The normalized spacial score (nSPS) is 18.5. The number of ether oxygens (including phenoxy) is 1. The second-order valence-electron chi connectivity index (χ2n) is 5.13. The van der Waals surface area contributed by atoms with Crippen LogP contribution in [0, 0.1) is 6.92 Å². The van der Waals surface area contributed by atoms with Crippen molar-refractivity contribution in [3.8, 4) is 0 Å². The van der Waals surface area contributed by atoms with Crippen LogP contribution in [0.25, 0.3) is 0 Å². The molecule has 2 aromatic rings. The maximum atomic E-state index is 12.5. The van der Waals surface area contributed by atoms with Crippen molar-refractivity contribution in [2.24, 2.45) is 7.05 Å². The van der Waals surface area contributed by atoms with Crippen LogP contribution in [0.3, 0.4) is 0 Å². The number of nitrogens with one attached hydrogen (secondary N) is 1. The van der Waals surface area contributed by atoms with Crippen molar-refractivity contribution in [3.63, 3.8) is 0 Å². The first-order chi connectivity index (χ1) is 10.5. The summed E-state index contributed by atoms with van der Waals surface area (Å²) in [6.45, 7) is 2.83. The van der Waals surface area contributed by atoms with Crippen molar-refractivity contribution in [3.05, 3.63) is 39.6 Å². The van der Waals surface area contributed by atoms with Crippen molar-refractivity contribution in [1.82, 2.24) is 30.1 Å². The third-order valence-electron chi connectivity index (χ3n) is 3.45. The van der Waals surface area contributed by atoms with E-state index in [1.165, 1.54) is 4.80 Å². The van der Waals surface area contributed by atoms with E-state index in [4.69, 9.17) is 4.74 Å². The molecule has 1 unspecified atom stereocenters. The van der Waals surface area contributed by atoms with Gasteiger partial charge in [-0.15, -0.1) is 10.2 Å². The van der Waals surface area contributed by atoms with E-state index < -0.39 is 6.10 Å². The van der Waals surface area contributed by atoms with Gasteiger partial charge in [-0.2, -0.15) is 4.80 Å². The van der Waals surface area contributed by atoms with E-state index >= 15 is 0 Å². The second kappa shape index (κ2) is 5.68. The summed E-state index contributed by atoms with van der Waals surface area (Å²) in [4.78, 5) is 30.0. The average Bonchev–Trinajstić information content (AvgIpc) is 2.93. The molecular formula is C13H16N6O3. The molecule has 22 heavy (non-hydrogen) atoms. The van der Waals surface area contributed by atoms with Crippen molar-refractivity contribution in [2.75, 3.05) is 19.7 Å². The minimum absolute atomic E-state index is 0.123. The number of tetrazole rings is 1. The molecule has 2 aromatic heterocycles. The molecule has 1 atom stereocenters. The molecule has 0 saturated carbocycles. The standard InChI is InChI=1S/C13H16N6O3/c1-8-3-4-9(12(20)14-8)13(21)19-5-6-22-10(7-19)11-15-17-18(2)16-11/h3-4,10H,5-7H2,1-2H3,(H,14,20). The Kier molecular flexibility index (Phi) is 3.72. The highest BCUT2D eigenvalue weighted by Crippen LogP contribution is 2.19. The van der Waals surface area contributed by atoms with Crippen molar-refractivity contribution in [1.29, 1.82) is 0 Å². The molecule has 1 fully saturated rings. The molecular weight excluding hydrogens is 288 g/mol. The first kappa shape index (κ1) is 14.4. The lowest BCUT2D eigenvalue weighted by molar-refractivity contribution is -0.0269. The molecule has 0 aromatic carbocycles. The van der Waals surface area contributed by atoms with Gasteiger partial charge in [0, 0.05) is 12.2 Å². The number of pyridine rings is 1. The fourth-order valence-electron chi connectivity index (χ4n) is 2.33. The van der Waals surface area contributed by atoms with Gasteiger partial charge in [0.2, 0.25) is 5.82 Å². The summed E-state index contributed by atoms with van der Waals surface area (Å²) in [5, 5.41) is 11.8. The zero-order valence-corrected chi connectivity index (χ0v) is 12.3. The van der Waals surface area contributed by atoms with Crippen molar-refractivity contribution < 1.29 is 9.53 Å². The number of nitrogens with zero attached hydrogens (tertiary/aromatic N) is 5. The SMILES string of the molecule is Cc1ccc(C(=O)N2CCOC(c3nnn(C)n3)C2)c(=O)[nH]1. The zero-order chi connectivity index (χ0) is 15.7. The van der Waals surface area contributed by atoms with E-state index in [0.29, 0.717) is 24.7 Å². The third kappa shape index (κ3) is 2.75. The molecule has 1 aliphatic rings. The van der Waals surface area contributed by atoms with E-state index in [0.717, 1.165) is 0 Å². The van der Waals surface area contributed by atoms with Gasteiger partial charge >= 0.3 is 0 Å². The molecule has 3 rings (SSSR count). The Balaban J connectivity index is 1.79. The number of aryl methyl sites for hydroxylation is 2. The lowest BCUT2D eigenvalue weighted by Gasteiger charge is -2.31. The quantitative estimate of drug-likeness (QED) is 0.795. The molecule has 0 spiro atoms. The van der Waals surface area contributed by atoms with Gasteiger partial charge in [-0.05, 0) is 24.3 Å².